The molecule has 6 heteroatoms. The van der Waals surface area contributed by atoms with Gasteiger partial charge in [0.2, 0.25) is 11.7 Å². The molecule has 0 bridgehead atoms. The summed E-state index contributed by atoms with van der Waals surface area (Å²) in [6.45, 7) is 0.427. The largest absolute Gasteiger partial charge is 0.497 e. The van der Waals surface area contributed by atoms with E-state index in [4.69, 9.17) is 18.9 Å². The van der Waals surface area contributed by atoms with Crippen molar-refractivity contribution in [2.75, 3.05) is 28.4 Å². The first-order chi connectivity index (χ1) is 12.6. The second kappa shape index (κ2) is 9.36. The van der Waals surface area contributed by atoms with E-state index in [-0.39, 0.29) is 5.91 Å². The zero-order valence-electron chi connectivity index (χ0n) is 15.4. The number of rotatable bonds is 8. The highest BCUT2D eigenvalue weighted by atomic mass is 16.5. The number of benzene rings is 2. The van der Waals surface area contributed by atoms with E-state index in [0.29, 0.717) is 29.4 Å². The number of nitrogens with one attached hydrogen (secondary N) is 1. The van der Waals surface area contributed by atoms with Crippen molar-refractivity contribution >= 4 is 12.0 Å². The Kier molecular flexibility index (Phi) is 6.91. The quantitative estimate of drug-likeness (QED) is 0.736. The van der Waals surface area contributed by atoms with Crippen LogP contribution in [0, 0.1) is 0 Å². The first-order valence-electron chi connectivity index (χ1n) is 8.00. The zero-order valence-corrected chi connectivity index (χ0v) is 15.4. The summed E-state index contributed by atoms with van der Waals surface area (Å²) >= 11 is 0. The summed E-state index contributed by atoms with van der Waals surface area (Å²) in [6.07, 6.45) is 3.12. The van der Waals surface area contributed by atoms with Gasteiger partial charge in [0.25, 0.3) is 0 Å². The van der Waals surface area contributed by atoms with Gasteiger partial charge in [-0.2, -0.15) is 0 Å². The average molecular weight is 357 g/mol. The number of ether oxygens (including phenoxy) is 4. The standard InChI is InChI=1S/C20H23NO5/c1-23-16-9-5-14(6-10-16)13-21-18(22)12-8-15-7-11-17(24-2)20(26-4)19(15)25-3/h5-12H,13H2,1-4H3,(H,21,22)/b12-8+. The molecule has 0 aromatic heterocycles. The third-order valence-corrected chi connectivity index (χ3v) is 3.77. The Morgan fingerprint density at radius 1 is 0.885 bits per heavy atom. The molecule has 0 aliphatic rings. The molecule has 0 saturated carbocycles. The summed E-state index contributed by atoms with van der Waals surface area (Å²) < 4.78 is 21.1. The summed E-state index contributed by atoms with van der Waals surface area (Å²) in [5, 5.41) is 2.83. The van der Waals surface area contributed by atoms with Crippen LogP contribution >= 0.6 is 0 Å². The molecule has 0 aliphatic heterocycles. The fourth-order valence-corrected chi connectivity index (χ4v) is 2.41. The predicted octanol–water partition coefficient (Wildman–Crippen LogP) is 3.05. The number of hydrogen-bond acceptors (Lipinski definition) is 5. The summed E-state index contributed by atoms with van der Waals surface area (Å²) in [7, 11) is 6.25. The molecule has 0 aliphatic carbocycles. The lowest BCUT2D eigenvalue weighted by molar-refractivity contribution is -0.116. The van der Waals surface area contributed by atoms with Gasteiger partial charge in [0.15, 0.2) is 11.5 Å². The van der Waals surface area contributed by atoms with Gasteiger partial charge in [-0.15, -0.1) is 0 Å². The van der Waals surface area contributed by atoms with Crippen molar-refractivity contribution in [3.05, 3.63) is 53.6 Å². The van der Waals surface area contributed by atoms with Crippen molar-refractivity contribution in [2.24, 2.45) is 0 Å². The average Bonchev–Trinajstić information content (AvgIpc) is 2.69. The first kappa shape index (κ1) is 19.2. The van der Waals surface area contributed by atoms with Crippen LogP contribution in [-0.2, 0) is 11.3 Å². The van der Waals surface area contributed by atoms with Gasteiger partial charge in [0.1, 0.15) is 5.75 Å². The van der Waals surface area contributed by atoms with Crippen LogP contribution in [0.4, 0.5) is 0 Å². The summed E-state index contributed by atoms with van der Waals surface area (Å²) in [5.74, 6) is 2.12. The number of methoxy groups -OCH3 is 4. The maximum Gasteiger partial charge on any atom is 0.244 e. The van der Waals surface area contributed by atoms with Gasteiger partial charge in [-0.25, -0.2) is 0 Å². The highest BCUT2D eigenvalue weighted by Gasteiger charge is 2.14. The molecule has 0 fully saturated rings. The molecule has 0 atom stereocenters. The first-order valence-corrected chi connectivity index (χ1v) is 8.00. The molecule has 1 amide bonds. The van der Waals surface area contributed by atoms with E-state index < -0.39 is 0 Å². The molecule has 2 aromatic rings. The molecule has 0 unspecified atom stereocenters. The van der Waals surface area contributed by atoms with Gasteiger partial charge in [-0.3, -0.25) is 4.79 Å². The SMILES string of the molecule is COc1ccc(CNC(=O)/C=C/c2ccc(OC)c(OC)c2OC)cc1. The molecule has 0 spiro atoms. The van der Waals surface area contributed by atoms with Crippen LogP contribution in [0.1, 0.15) is 11.1 Å². The molecule has 1 N–H and O–H groups in total. The Balaban J connectivity index is 2.05. The second-order valence-electron chi connectivity index (χ2n) is 5.32. The molecule has 0 radical (unpaired) electrons. The lowest BCUT2D eigenvalue weighted by atomic mass is 10.1. The highest BCUT2D eigenvalue weighted by Crippen LogP contribution is 2.40. The molecular formula is C20H23NO5. The fourth-order valence-electron chi connectivity index (χ4n) is 2.41. The van der Waals surface area contributed by atoms with E-state index >= 15 is 0 Å². The van der Waals surface area contributed by atoms with Gasteiger partial charge < -0.3 is 24.3 Å². The van der Waals surface area contributed by atoms with E-state index in [9.17, 15) is 4.79 Å². The third-order valence-electron chi connectivity index (χ3n) is 3.77. The number of carbonyl (C=O) groups excluding carboxylic acids is 1. The van der Waals surface area contributed by atoms with E-state index in [0.717, 1.165) is 11.3 Å². The van der Waals surface area contributed by atoms with E-state index in [1.54, 1.807) is 39.5 Å². The number of amides is 1. The lowest BCUT2D eigenvalue weighted by Crippen LogP contribution is -2.20. The summed E-state index contributed by atoms with van der Waals surface area (Å²) in [4.78, 5) is 12.1. The summed E-state index contributed by atoms with van der Waals surface area (Å²) in [6, 6.07) is 11.1. The molecule has 6 nitrogen and oxygen atoms in total. The second-order valence-corrected chi connectivity index (χ2v) is 5.32. The van der Waals surface area contributed by atoms with Crippen LogP contribution in [-0.4, -0.2) is 34.3 Å². The van der Waals surface area contributed by atoms with E-state index in [2.05, 4.69) is 5.32 Å². The minimum Gasteiger partial charge on any atom is -0.497 e. The van der Waals surface area contributed by atoms with Gasteiger partial charge in [-0.05, 0) is 35.9 Å². The Bertz CT molecular complexity index is 769. The minimum absolute atomic E-state index is 0.211. The molecule has 0 saturated heterocycles. The maximum atomic E-state index is 12.1. The molecule has 2 aromatic carbocycles. The highest BCUT2D eigenvalue weighted by molar-refractivity contribution is 5.92. The Hall–Kier alpha value is -3.15. The van der Waals surface area contributed by atoms with Crippen LogP contribution in [0.5, 0.6) is 23.0 Å². The summed E-state index contributed by atoms with van der Waals surface area (Å²) in [5.41, 5.74) is 1.70. The van der Waals surface area contributed by atoms with Gasteiger partial charge in [0, 0.05) is 18.2 Å². The monoisotopic (exact) mass is 357 g/mol. The zero-order chi connectivity index (χ0) is 18.9. The van der Waals surface area contributed by atoms with Crippen LogP contribution in [0.15, 0.2) is 42.5 Å². The molecule has 26 heavy (non-hydrogen) atoms. The normalized spacial score (nSPS) is 10.5. The Morgan fingerprint density at radius 2 is 1.58 bits per heavy atom. The van der Waals surface area contributed by atoms with Crippen molar-refractivity contribution in [1.29, 1.82) is 0 Å². The van der Waals surface area contributed by atoms with E-state index in [1.165, 1.54) is 13.2 Å². The van der Waals surface area contributed by atoms with Crippen LogP contribution in [0.2, 0.25) is 0 Å². The Labute approximate surface area is 153 Å². The van der Waals surface area contributed by atoms with Crippen molar-refractivity contribution < 1.29 is 23.7 Å². The van der Waals surface area contributed by atoms with Gasteiger partial charge >= 0.3 is 0 Å². The van der Waals surface area contributed by atoms with Crippen LogP contribution in [0.25, 0.3) is 6.08 Å². The topological polar surface area (TPSA) is 66.0 Å². The fraction of sp³-hybridized carbons (Fsp3) is 0.250. The number of carbonyl (C=O) groups is 1. The molecular weight excluding hydrogens is 334 g/mol. The third kappa shape index (κ3) is 4.69. The van der Waals surface area contributed by atoms with Crippen molar-refractivity contribution in [1.82, 2.24) is 5.32 Å². The molecule has 0 heterocycles. The predicted molar refractivity (Wildman–Crippen MR) is 100.0 cm³/mol. The van der Waals surface area contributed by atoms with Crippen LogP contribution < -0.4 is 24.3 Å². The Morgan fingerprint density at radius 3 is 2.15 bits per heavy atom. The minimum atomic E-state index is -0.211. The van der Waals surface area contributed by atoms with Gasteiger partial charge in [-0.1, -0.05) is 12.1 Å². The van der Waals surface area contributed by atoms with Crippen molar-refractivity contribution in [3.8, 4) is 23.0 Å². The molecule has 2 rings (SSSR count). The van der Waals surface area contributed by atoms with E-state index in [1.807, 2.05) is 24.3 Å². The van der Waals surface area contributed by atoms with Crippen LogP contribution in [0.3, 0.4) is 0 Å². The molecule has 138 valence electrons. The van der Waals surface area contributed by atoms with Crippen molar-refractivity contribution in [3.63, 3.8) is 0 Å². The van der Waals surface area contributed by atoms with Crippen molar-refractivity contribution in [2.45, 2.75) is 6.54 Å². The maximum absolute atomic E-state index is 12.1. The number of hydrogen-bond donors (Lipinski definition) is 1. The van der Waals surface area contributed by atoms with Gasteiger partial charge in [0.05, 0.1) is 28.4 Å². The smallest absolute Gasteiger partial charge is 0.244 e. The lowest BCUT2D eigenvalue weighted by Gasteiger charge is -2.14.